The molecule has 3 heteroatoms. The minimum Gasteiger partial charge on any atom is -0.265 e. The summed E-state index contributed by atoms with van der Waals surface area (Å²) in [7, 11) is 0. The maximum atomic E-state index is 11.5. The standard InChI is InChI=1S/C13H8N2O/c16-13-12(8-14-15-13)11-7-3-5-9-4-1-2-6-10(9)11/h1-8H. The molecule has 1 heterocycles. The van der Waals surface area contributed by atoms with E-state index < -0.39 is 0 Å². The predicted octanol–water partition coefficient (Wildman–Crippen LogP) is 3.17. The smallest absolute Gasteiger partial charge is 0.265 e. The number of benzene rings is 2. The lowest BCUT2D eigenvalue weighted by atomic mass is 9.99. The number of azo groups is 1. The van der Waals surface area contributed by atoms with Gasteiger partial charge >= 0.3 is 0 Å². The van der Waals surface area contributed by atoms with E-state index in [1.165, 1.54) is 6.20 Å². The van der Waals surface area contributed by atoms with Crippen molar-refractivity contribution >= 4 is 22.3 Å². The molecule has 0 radical (unpaired) electrons. The fraction of sp³-hybridized carbons (Fsp3) is 0. The first-order valence-corrected chi connectivity index (χ1v) is 5.00. The summed E-state index contributed by atoms with van der Waals surface area (Å²) in [5.41, 5.74) is 1.46. The molecule has 0 N–H and O–H groups in total. The molecule has 0 saturated carbocycles. The molecular formula is C13H8N2O. The van der Waals surface area contributed by atoms with Gasteiger partial charge in [0.05, 0.1) is 11.8 Å². The van der Waals surface area contributed by atoms with Crippen LogP contribution in [-0.4, -0.2) is 5.91 Å². The fourth-order valence-corrected chi connectivity index (χ4v) is 1.89. The molecule has 2 aromatic carbocycles. The van der Waals surface area contributed by atoms with Crippen molar-refractivity contribution in [2.75, 3.05) is 0 Å². The van der Waals surface area contributed by atoms with E-state index in [0.29, 0.717) is 5.57 Å². The average Bonchev–Trinajstić information content (AvgIpc) is 2.75. The van der Waals surface area contributed by atoms with Gasteiger partial charge in [0.2, 0.25) is 0 Å². The van der Waals surface area contributed by atoms with Crippen molar-refractivity contribution in [2.24, 2.45) is 10.2 Å². The van der Waals surface area contributed by atoms with Gasteiger partial charge in [-0.25, -0.2) is 0 Å². The average molecular weight is 208 g/mol. The monoisotopic (exact) mass is 208 g/mol. The van der Waals surface area contributed by atoms with Crippen molar-refractivity contribution in [3.63, 3.8) is 0 Å². The second-order valence-electron chi connectivity index (χ2n) is 3.59. The second kappa shape index (κ2) is 3.38. The molecule has 0 bridgehead atoms. The van der Waals surface area contributed by atoms with E-state index in [9.17, 15) is 4.79 Å². The van der Waals surface area contributed by atoms with Crippen LogP contribution in [0.4, 0.5) is 0 Å². The summed E-state index contributed by atoms with van der Waals surface area (Å²) in [6.45, 7) is 0. The third-order valence-corrected chi connectivity index (χ3v) is 2.65. The molecule has 0 spiro atoms. The summed E-state index contributed by atoms with van der Waals surface area (Å²) in [6.07, 6.45) is 1.52. The zero-order valence-electron chi connectivity index (χ0n) is 8.42. The third kappa shape index (κ3) is 1.26. The highest BCUT2D eigenvalue weighted by molar-refractivity contribution is 6.23. The van der Waals surface area contributed by atoms with Crippen LogP contribution in [0.25, 0.3) is 16.3 Å². The highest BCUT2D eigenvalue weighted by Gasteiger charge is 2.17. The van der Waals surface area contributed by atoms with Gasteiger partial charge in [0.1, 0.15) is 0 Å². The maximum absolute atomic E-state index is 11.5. The summed E-state index contributed by atoms with van der Waals surface area (Å²) in [6, 6.07) is 13.8. The Hall–Kier alpha value is -2.29. The van der Waals surface area contributed by atoms with Gasteiger partial charge in [-0.15, -0.1) is 5.11 Å². The van der Waals surface area contributed by atoms with Gasteiger partial charge in [0, 0.05) is 0 Å². The number of carbonyl (C=O) groups is 1. The summed E-state index contributed by atoms with van der Waals surface area (Å²) in [4.78, 5) is 11.5. The molecule has 1 aliphatic rings. The molecule has 0 aliphatic carbocycles. The van der Waals surface area contributed by atoms with E-state index in [1.54, 1.807) is 0 Å². The van der Waals surface area contributed by atoms with Crippen molar-refractivity contribution in [3.8, 4) is 0 Å². The maximum Gasteiger partial charge on any atom is 0.297 e. The van der Waals surface area contributed by atoms with Gasteiger partial charge in [-0.05, 0) is 16.3 Å². The Morgan fingerprint density at radius 2 is 1.75 bits per heavy atom. The minimum atomic E-state index is -0.267. The van der Waals surface area contributed by atoms with Crippen LogP contribution in [0.2, 0.25) is 0 Å². The van der Waals surface area contributed by atoms with E-state index in [2.05, 4.69) is 10.2 Å². The lowest BCUT2D eigenvalue weighted by Gasteiger charge is -2.04. The SMILES string of the molecule is O=C1N=NC=C1c1cccc2ccccc12. The highest BCUT2D eigenvalue weighted by Crippen LogP contribution is 2.28. The second-order valence-corrected chi connectivity index (χ2v) is 3.59. The number of fused-ring (bicyclic) bond motifs is 1. The predicted molar refractivity (Wildman–Crippen MR) is 61.8 cm³/mol. The molecular weight excluding hydrogens is 200 g/mol. The summed E-state index contributed by atoms with van der Waals surface area (Å²) in [5, 5.41) is 9.30. The highest BCUT2D eigenvalue weighted by atomic mass is 16.2. The first-order valence-electron chi connectivity index (χ1n) is 5.00. The van der Waals surface area contributed by atoms with E-state index >= 15 is 0 Å². The molecule has 3 nitrogen and oxygen atoms in total. The van der Waals surface area contributed by atoms with Crippen LogP contribution in [0.1, 0.15) is 5.56 Å². The number of rotatable bonds is 1. The molecule has 0 atom stereocenters. The van der Waals surface area contributed by atoms with Crippen LogP contribution in [0.3, 0.4) is 0 Å². The molecule has 0 fully saturated rings. The Morgan fingerprint density at radius 3 is 2.56 bits per heavy atom. The van der Waals surface area contributed by atoms with Crippen LogP contribution < -0.4 is 0 Å². The summed E-state index contributed by atoms with van der Waals surface area (Å²) in [5.74, 6) is -0.267. The van der Waals surface area contributed by atoms with E-state index in [0.717, 1.165) is 16.3 Å². The van der Waals surface area contributed by atoms with Crippen LogP contribution >= 0.6 is 0 Å². The topological polar surface area (TPSA) is 41.8 Å². The Bertz CT molecular complexity index is 636. The van der Waals surface area contributed by atoms with Crippen molar-refractivity contribution in [3.05, 3.63) is 54.2 Å². The Labute approximate surface area is 92.1 Å². The minimum absolute atomic E-state index is 0.267. The Kier molecular flexibility index (Phi) is 1.90. The first-order chi connectivity index (χ1) is 7.86. The van der Waals surface area contributed by atoms with Crippen LogP contribution in [0.15, 0.2) is 58.9 Å². The number of nitrogens with zero attached hydrogens (tertiary/aromatic N) is 2. The van der Waals surface area contributed by atoms with E-state index in [4.69, 9.17) is 0 Å². The van der Waals surface area contributed by atoms with Gasteiger partial charge < -0.3 is 0 Å². The Balaban J connectivity index is 2.29. The van der Waals surface area contributed by atoms with Crippen molar-refractivity contribution in [1.82, 2.24) is 0 Å². The van der Waals surface area contributed by atoms with Gasteiger partial charge in [0.15, 0.2) is 0 Å². The van der Waals surface area contributed by atoms with Crippen LogP contribution in [0, 0.1) is 0 Å². The zero-order valence-corrected chi connectivity index (χ0v) is 8.42. The van der Waals surface area contributed by atoms with Crippen molar-refractivity contribution in [1.29, 1.82) is 0 Å². The Morgan fingerprint density at radius 1 is 0.938 bits per heavy atom. The van der Waals surface area contributed by atoms with E-state index in [1.807, 2.05) is 42.5 Å². The van der Waals surface area contributed by atoms with Gasteiger partial charge in [0.25, 0.3) is 5.91 Å². The molecule has 1 aliphatic heterocycles. The molecule has 76 valence electrons. The number of amides is 1. The zero-order chi connectivity index (χ0) is 11.0. The molecule has 3 rings (SSSR count). The molecule has 1 amide bonds. The summed E-state index contributed by atoms with van der Waals surface area (Å²) < 4.78 is 0. The lowest BCUT2D eigenvalue weighted by Crippen LogP contribution is -1.94. The number of hydrogen-bond acceptors (Lipinski definition) is 2. The van der Waals surface area contributed by atoms with E-state index in [-0.39, 0.29) is 5.91 Å². The molecule has 16 heavy (non-hydrogen) atoms. The van der Waals surface area contributed by atoms with Crippen LogP contribution in [0.5, 0.6) is 0 Å². The lowest BCUT2D eigenvalue weighted by molar-refractivity contribution is -0.112. The van der Waals surface area contributed by atoms with Crippen LogP contribution in [-0.2, 0) is 4.79 Å². The molecule has 0 aromatic heterocycles. The van der Waals surface area contributed by atoms with Gasteiger partial charge in [-0.1, -0.05) is 42.5 Å². The molecule has 0 saturated heterocycles. The molecule has 2 aromatic rings. The number of carbonyl (C=O) groups excluding carboxylic acids is 1. The first kappa shape index (κ1) is 8.97. The largest absolute Gasteiger partial charge is 0.297 e. The third-order valence-electron chi connectivity index (χ3n) is 2.65. The fourth-order valence-electron chi connectivity index (χ4n) is 1.89. The van der Waals surface area contributed by atoms with Gasteiger partial charge in [-0.3, -0.25) is 4.79 Å². The summed E-state index contributed by atoms with van der Waals surface area (Å²) >= 11 is 0. The number of hydrogen-bond donors (Lipinski definition) is 0. The quantitative estimate of drug-likeness (QED) is 0.709. The van der Waals surface area contributed by atoms with Crippen molar-refractivity contribution in [2.45, 2.75) is 0 Å². The normalized spacial score (nSPS) is 14.5. The van der Waals surface area contributed by atoms with Gasteiger partial charge in [-0.2, -0.15) is 5.11 Å². The van der Waals surface area contributed by atoms with Crippen molar-refractivity contribution < 1.29 is 4.79 Å². The molecule has 0 unspecified atom stereocenters.